The van der Waals surface area contributed by atoms with E-state index in [1.807, 2.05) is 30.1 Å². The number of hydrogen-bond donors (Lipinski definition) is 1. The Labute approximate surface area is 133 Å². The second kappa shape index (κ2) is 7.43. The number of hydrogen-bond acceptors (Lipinski definition) is 2. The van der Waals surface area contributed by atoms with Crippen LogP contribution in [0.25, 0.3) is 0 Å². The molecule has 1 atom stereocenters. The lowest BCUT2D eigenvalue weighted by molar-refractivity contribution is -0.130. The Kier molecular flexibility index (Phi) is 5.87. The average molecular weight is 360 g/mol. The fraction of sp³-hybridized carbons (Fsp3) is 0.533. The number of amides is 1. The van der Waals surface area contributed by atoms with Crippen LogP contribution in [-0.4, -0.2) is 37.5 Å². The lowest BCUT2D eigenvalue weighted by atomic mass is 10.1. The predicted molar refractivity (Wildman–Crippen MR) is 86.1 cm³/mol. The summed E-state index contributed by atoms with van der Waals surface area (Å²) in [5, 5.41) is 3.90. The van der Waals surface area contributed by atoms with Gasteiger partial charge in [0.05, 0.1) is 0 Å². The molecule has 0 saturated carbocycles. The summed E-state index contributed by atoms with van der Waals surface area (Å²) in [6.45, 7) is 2.77. The molecule has 0 aliphatic carbocycles. The topological polar surface area (TPSA) is 32.3 Å². The largest absolute Gasteiger partial charge is 0.342 e. The minimum absolute atomic E-state index is 0.246. The number of nitrogens with one attached hydrogen (secondary N) is 1. The second-order valence-electron chi connectivity index (χ2n) is 5.29. The third kappa shape index (κ3) is 4.21. The normalized spacial score (nSPS) is 18.6. The van der Waals surface area contributed by atoms with Crippen molar-refractivity contribution in [2.24, 2.45) is 5.92 Å². The van der Waals surface area contributed by atoms with Crippen LogP contribution in [0.3, 0.4) is 0 Å². The molecule has 5 heteroatoms. The summed E-state index contributed by atoms with van der Waals surface area (Å²) < 4.78 is 1.02. The maximum atomic E-state index is 12.2. The summed E-state index contributed by atoms with van der Waals surface area (Å²) in [5.74, 6) is 0.845. The Bertz CT molecular complexity index is 481. The fourth-order valence-electron chi connectivity index (χ4n) is 2.65. The molecule has 20 heavy (non-hydrogen) atoms. The Balaban J connectivity index is 1.85. The summed E-state index contributed by atoms with van der Waals surface area (Å²) in [4.78, 5) is 14.2. The molecule has 1 amide bonds. The number of likely N-dealkylation sites (tertiary alicyclic amines) is 1. The van der Waals surface area contributed by atoms with Gasteiger partial charge in [0.15, 0.2) is 0 Å². The van der Waals surface area contributed by atoms with E-state index in [1.54, 1.807) is 0 Å². The molecule has 1 fully saturated rings. The van der Waals surface area contributed by atoms with E-state index in [9.17, 15) is 4.79 Å². The minimum Gasteiger partial charge on any atom is -0.342 e. The molecular weight excluding hydrogens is 340 g/mol. The summed E-state index contributed by atoms with van der Waals surface area (Å²) in [6, 6.07) is 5.70. The number of carbonyl (C=O) groups excluding carboxylic acids is 1. The Morgan fingerprint density at radius 3 is 3.10 bits per heavy atom. The smallest absolute Gasteiger partial charge is 0.222 e. The van der Waals surface area contributed by atoms with E-state index in [0.717, 1.165) is 42.5 Å². The number of rotatable bonds is 5. The maximum absolute atomic E-state index is 12.2. The highest BCUT2D eigenvalue weighted by molar-refractivity contribution is 9.10. The van der Waals surface area contributed by atoms with Gasteiger partial charge < -0.3 is 10.2 Å². The first-order chi connectivity index (χ1) is 9.60. The van der Waals surface area contributed by atoms with Gasteiger partial charge in [-0.15, -0.1) is 0 Å². The molecule has 3 nitrogen and oxygen atoms in total. The molecule has 0 radical (unpaired) electrons. The van der Waals surface area contributed by atoms with Crippen LogP contribution in [0.4, 0.5) is 0 Å². The zero-order chi connectivity index (χ0) is 14.5. The van der Waals surface area contributed by atoms with Crippen LogP contribution >= 0.6 is 27.5 Å². The quantitative estimate of drug-likeness (QED) is 0.876. The van der Waals surface area contributed by atoms with Gasteiger partial charge in [0, 0.05) is 29.0 Å². The van der Waals surface area contributed by atoms with Crippen LogP contribution in [0.5, 0.6) is 0 Å². The zero-order valence-electron chi connectivity index (χ0n) is 11.7. The SMILES string of the molecule is CNC[C@H]1CCN(C(=O)CCc2cc(Cl)ccc2Br)C1. The van der Waals surface area contributed by atoms with Crippen molar-refractivity contribution in [3.05, 3.63) is 33.3 Å². The summed E-state index contributed by atoms with van der Waals surface area (Å²) >= 11 is 9.49. The summed E-state index contributed by atoms with van der Waals surface area (Å²) in [6.07, 6.45) is 2.38. The molecule has 1 aliphatic heterocycles. The third-order valence-electron chi connectivity index (χ3n) is 3.75. The molecule has 1 aromatic rings. The Morgan fingerprint density at radius 1 is 1.55 bits per heavy atom. The molecule has 0 unspecified atom stereocenters. The fourth-order valence-corrected chi connectivity index (χ4v) is 3.29. The van der Waals surface area contributed by atoms with Crippen molar-refractivity contribution in [3.8, 4) is 0 Å². The van der Waals surface area contributed by atoms with Crippen molar-refractivity contribution >= 4 is 33.4 Å². The molecule has 2 rings (SSSR count). The molecule has 0 bridgehead atoms. The van der Waals surface area contributed by atoms with E-state index < -0.39 is 0 Å². The molecular formula is C15H20BrClN2O. The Morgan fingerprint density at radius 2 is 2.35 bits per heavy atom. The van der Waals surface area contributed by atoms with Gasteiger partial charge in [-0.2, -0.15) is 0 Å². The molecule has 1 N–H and O–H groups in total. The average Bonchev–Trinajstić information content (AvgIpc) is 2.88. The standard InChI is InChI=1S/C15H20BrClN2O/c1-18-9-11-6-7-19(10-11)15(20)5-2-12-8-13(17)3-4-14(12)16/h3-4,8,11,18H,2,5-7,9-10H2,1H3/t11-/m1/s1. The van der Waals surface area contributed by atoms with E-state index in [0.29, 0.717) is 17.4 Å². The number of aryl methyl sites for hydroxylation is 1. The van der Waals surface area contributed by atoms with Gasteiger partial charge in [-0.1, -0.05) is 27.5 Å². The first-order valence-electron chi connectivity index (χ1n) is 6.96. The highest BCUT2D eigenvalue weighted by Crippen LogP contribution is 2.23. The van der Waals surface area contributed by atoms with Crippen molar-refractivity contribution in [1.82, 2.24) is 10.2 Å². The van der Waals surface area contributed by atoms with Crippen molar-refractivity contribution in [1.29, 1.82) is 0 Å². The number of carbonyl (C=O) groups is 1. The minimum atomic E-state index is 0.246. The maximum Gasteiger partial charge on any atom is 0.222 e. The van der Waals surface area contributed by atoms with Gasteiger partial charge in [0.25, 0.3) is 0 Å². The number of halogens is 2. The van der Waals surface area contributed by atoms with Crippen LogP contribution in [0.1, 0.15) is 18.4 Å². The van der Waals surface area contributed by atoms with Crippen LogP contribution < -0.4 is 5.32 Å². The van der Waals surface area contributed by atoms with Gasteiger partial charge >= 0.3 is 0 Å². The van der Waals surface area contributed by atoms with Crippen molar-refractivity contribution in [2.75, 3.05) is 26.7 Å². The highest BCUT2D eigenvalue weighted by Gasteiger charge is 2.25. The lowest BCUT2D eigenvalue weighted by Gasteiger charge is -2.17. The first kappa shape index (κ1) is 15.8. The van der Waals surface area contributed by atoms with Crippen LogP contribution in [0.15, 0.2) is 22.7 Å². The highest BCUT2D eigenvalue weighted by atomic mass is 79.9. The summed E-state index contributed by atoms with van der Waals surface area (Å²) in [5.41, 5.74) is 1.09. The van der Waals surface area contributed by atoms with E-state index in [1.165, 1.54) is 0 Å². The molecule has 0 aromatic heterocycles. The molecule has 0 spiro atoms. The van der Waals surface area contributed by atoms with Crippen LogP contribution in [0, 0.1) is 5.92 Å². The summed E-state index contributed by atoms with van der Waals surface area (Å²) in [7, 11) is 1.96. The van der Waals surface area contributed by atoms with Crippen molar-refractivity contribution < 1.29 is 4.79 Å². The van der Waals surface area contributed by atoms with E-state index in [-0.39, 0.29) is 5.91 Å². The Hall–Kier alpha value is -0.580. The molecule has 1 saturated heterocycles. The molecule has 1 aliphatic rings. The van der Waals surface area contributed by atoms with Gasteiger partial charge in [0.1, 0.15) is 0 Å². The van der Waals surface area contributed by atoms with Crippen LogP contribution in [-0.2, 0) is 11.2 Å². The molecule has 1 aromatic carbocycles. The number of benzene rings is 1. The third-order valence-corrected chi connectivity index (χ3v) is 4.76. The van der Waals surface area contributed by atoms with E-state index in [4.69, 9.17) is 11.6 Å². The molecule has 1 heterocycles. The first-order valence-corrected chi connectivity index (χ1v) is 8.13. The van der Waals surface area contributed by atoms with E-state index in [2.05, 4.69) is 21.2 Å². The van der Waals surface area contributed by atoms with Crippen molar-refractivity contribution in [2.45, 2.75) is 19.3 Å². The van der Waals surface area contributed by atoms with Crippen LogP contribution in [0.2, 0.25) is 5.02 Å². The lowest BCUT2D eigenvalue weighted by Crippen LogP contribution is -2.30. The molecule has 110 valence electrons. The van der Waals surface area contributed by atoms with Gasteiger partial charge in [-0.3, -0.25) is 4.79 Å². The van der Waals surface area contributed by atoms with Gasteiger partial charge in [-0.05, 0) is 56.1 Å². The monoisotopic (exact) mass is 358 g/mol. The van der Waals surface area contributed by atoms with Gasteiger partial charge in [0.2, 0.25) is 5.91 Å². The zero-order valence-corrected chi connectivity index (χ0v) is 14.0. The second-order valence-corrected chi connectivity index (χ2v) is 6.58. The van der Waals surface area contributed by atoms with Gasteiger partial charge in [-0.25, -0.2) is 0 Å². The number of nitrogens with zero attached hydrogens (tertiary/aromatic N) is 1. The van der Waals surface area contributed by atoms with E-state index >= 15 is 0 Å². The van der Waals surface area contributed by atoms with Crippen molar-refractivity contribution in [3.63, 3.8) is 0 Å². The predicted octanol–water partition coefficient (Wildman–Crippen LogP) is 3.10.